The zero-order valence-corrected chi connectivity index (χ0v) is 20.7. The van der Waals surface area contributed by atoms with E-state index in [4.69, 9.17) is 16.3 Å². The second-order valence-electron chi connectivity index (χ2n) is 9.42. The van der Waals surface area contributed by atoms with Crippen molar-refractivity contribution in [2.45, 2.75) is 63.5 Å². The fourth-order valence-corrected chi connectivity index (χ4v) is 5.47. The summed E-state index contributed by atoms with van der Waals surface area (Å²) in [5, 5.41) is 9.65. The molecule has 1 aliphatic carbocycles. The first-order chi connectivity index (χ1) is 16.0. The molecule has 0 aromatic heterocycles. The largest absolute Gasteiger partial charge is 0.441 e. The van der Waals surface area contributed by atoms with Crippen molar-refractivity contribution in [2.24, 2.45) is 11.8 Å². The second-order valence-corrected chi connectivity index (χ2v) is 9.86. The minimum absolute atomic E-state index is 0.00126. The molecule has 0 spiro atoms. The maximum absolute atomic E-state index is 13.2. The van der Waals surface area contributed by atoms with Crippen molar-refractivity contribution in [1.82, 2.24) is 20.9 Å². The highest BCUT2D eigenvalue weighted by Gasteiger charge is 2.33. The zero-order chi connectivity index (χ0) is 23.6. The third-order valence-electron chi connectivity index (χ3n) is 6.91. The van der Waals surface area contributed by atoms with Gasteiger partial charge in [0.15, 0.2) is 0 Å². The molecule has 1 aliphatic heterocycles. The Hall–Kier alpha value is -1.99. The number of urea groups is 1. The molecule has 1 aromatic rings. The number of likely N-dealkylation sites (tertiary alicyclic amines) is 1. The average molecular weight is 479 g/mol. The molecule has 3 amide bonds. The maximum Gasteiger partial charge on any atom is 0.407 e. The first kappa shape index (κ1) is 25.6. The number of carbonyl (C=O) groups is 2. The number of hydrogen-bond donors (Lipinski definition) is 3. The van der Waals surface area contributed by atoms with Crippen LogP contribution in [0.5, 0.6) is 0 Å². The SMILES string of the molecule is CNC[C@H](CC1CCCCC1)NC(=O)N1CCC[C@@H]([C@@H](OC(=O)NC)c2cccc(Cl)c2)C1. The molecule has 8 heteroatoms. The first-order valence-corrected chi connectivity index (χ1v) is 12.7. The number of likely N-dealkylation sites (N-methyl/N-ethyl adjacent to an activating group) is 1. The fourth-order valence-electron chi connectivity index (χ4n) is 5.27. The Kier molecular flexibility index (Phi) is 10.1. The highest BCUT2D eigenvalue weighted by Crippen LogP contribution is 2.34. The molecule has 1 saturated heterocycles. The van der Waals surface area contributed by atoms with Gasteiger partial charge in [0, 0.05) is 43.7 Å². The molecule has 1 heterocycles. The van der Waals surface area contributed by atoms with Crippen molar-refractivity contribution in [1.29, 1.82) is 0 Å². The summed E-state index contributed by atoms with van der Waals surface area (Å²) in [6, 6.07) is 7.51. The lowest BCUT2D eigenvalue weighted by atomic mass is 9.85. The topological polar surface area (TPSA) is 82.7 Å². The Morgan fingerprint density at radius 3 is 2.64 bits per heavy atom. The van der Waals surface area contributed by atoms with E-state index in [0.29, 0.717) is 24.0 Å². The minimum atomic E-state index is -0.483. The van der Waals surface area contributed by atoms with Crippen LogP contribution in [0.25, 0.3) is 0 Å². The summed E-state index contributed by atoms with van der Waals surface area (Å²) in [7, 11) is 3.48. The van der Waals surface area contributed by atoms with Crippen LogP contribution in [0.15, 0.2) is 24.3 Å². The molecule has 0 bridgehead atoms. The smallest absolute Gasteiger partial charge is 0.407 e. The van der Waals surface area contributed by atoms with E-state index in [-0.39, 0.29) is 18.0 Å². The van der Waals surface area contributed by atoms with Crippen LogP contribution in [-0.2, 0) is 4.74 Å². The lowest BCUT2D eigenvalue weighted by Gasteiger charge is -2.37. The van der Waals surface area contributed by atoms with E-state index >= 15 is 0 Å². The molecule has 3 rings (SSSR count). The third-order valence-corrected chi connectivity index (χ3v) is 7.14. The number of nitrogens with one attached hydrogen (secondary N) is 3. The van der Waals surface area contributed by atoms with Crippen LogP contribution in [-0.4, -0.2) is 56.8 Å². The van der Waals surface area contributed by atoms with Crippen LogP contribution < -0.4 is 16.0 Å². The molecule has 0 radical (unpaired) electrons. The highest BCUT2D eigenvalue weighted by atomic mass is 35.5. The Morgan fingerprint density at radius 2 is 1.94 bits per heavy atom. The van der Waals surface area contributed by atoms with Gasteiger partial charge in [-0.05, 0) is 49.9 Å². The lowest BCUT2D eigenvalue weighted by molar-refractivity contribution is 0.0352. The van der Waals surface area contributed by atoms with E-state index in [1.165, 1.54) is 32.1 Å². The number of rotatable bonds is 8. The van der Waals surface area contributed by atoms with Gasteiger partial charge >= 0.3 is 12.1 Å². The van der Waals surface area contributed by atoms with E-state index in [1.807, 2.05) is 30.1 Å². The first-order valence-electron chi connectivity index (χ1n) is 12.3. The number of halogens is 1. The fraction of sp³-hybridized carbons (Fsp3) is 0.680. The van der Waals surface area contributed by atoms with Gasteiger partial charge in [0.05, 0.1) is 0 Å². The van der Waals surface area contributed by atoms with E-state index in [2.05, 4.69) is 16.0 Å². The van der Waals surface area contributed by atoms with Crippen LogP contribution in [0.1, 0.15) is 63.0 Å². The van der Waals surface area contributed by atoms with Gasteiger partial charge in [-0.25, -0.2) is 9.59 Å². The molecule has 33 heavy (non-hydrogen) atoms. The monoisotopic (exact) mass is 478 g/mol. The number of alkyl carbamates (subject to hydrolysis) is 1. The quantitative estimate of drug-likeness (QED) is 0.505. The number of piperidine rings is 1. The van der Waals surface area contributed by atoms with Crippen LogP contribution in [0.4, 0.5) is 9.59 Å². The van der Waals surface area contributed by atoms with Gasteiger partial charge in [-0.15, -0.1) is 0 Å². The summed E-state index contributed by atoms with van der Waals surface area (Å²) >= 11 is 6.21. The van der Waals surface area contributed by atoms with Gasteiger partial charge in [-0.1, -0.05) is 55.8 Å². The zero-order valence-electron chi connectivity index (χ0n) is 19.9. The molecular weight excluding hydrogens is 440 g/mol. The van der Waals surface area contributed by atoms with Crippen LogP contribution in [0, 0.1) is 11.8 Å². The summed E-state index contributed by atoms with van der Waals surface area (Å²) < 4.78 is 5.75. The minimum Gasteiger partial charge on any atom is -0.441 e. The highest BCUT2D eigenvalue weighted by molar-refractivity contribution is 6.30. The van der Waals surface area contributed by atoms with Crippen LogP contribution in [0.2, 0.25) is 5.02 Å². The van der Waals surface area contributed by atoms with Crippen LogP contribution in [0.3, 0.4) is 0 Å². The van der Waals surface area contributed by atoms with Crippen molar-refractivity contribution in [3.05, 3.63) is 34.9 Å². The normalized spacial score (nSPS) is 21.2. The predicted octanol–water partition coefficient (Wildman–Crippen LogP) is 4.72. The van der Waals surface area contributed by atoms with Gasteiger partial charge < -0.3 is 25.6 Å². The number of carbonyl (C=O) groups excluding carboxylic acids is 2. The molecule has 2 fully saturated rings. The molecule has 2 aliphatic rings. The average Bonchev–Trinajstić information content (AvgIpc) is 2.83. The van der Waals surface area contributed by atoms with E-state index in [1.54, 1.807) is 13.1 Å². The number of hydrogen-bond acceptors (Lipinski definition) is 4. The maximum atomic E-state index is 13.2. The van der Waals surface area contributed by atoms with Crippen molar-refractivity contribution >= 4 is 23.7 Å². The number of nitrogens with zero attached hydrogens (tertiary/aromatic N) is 1. The number of ether oxygens (including phenoxy) is 1. The molecule has 1 saturated carbocycles. The predicted molar refractivity (Wildman–Crippen MR) is 131 cm³/mol. The van der Waals surface area contributed by atoms with Gasteiger partial charge in [0.25, 0.3) is 0 Å². The molecule has 184 valence electrons. The van der Waals surface area contributed by atoms with Gasteiger partial charge in [-0.2, -0.15) is 0 Å². The number of amides is 3. The Bertz CT molecular complexity index is 772. The summed E-state index contributed by atoms with van der Waals surface area (Å²) in [5.74, 6) is 0.695. The molecule has 3 atom stereocenters. The molecule has 7 nitrogen and oxygen atoms in total. The Morgan fingerprint density at radius 1 is 1.15 bits per heavy atom. The van der Waals surface area contributed by atoms with Gasteiger partial charge in [0.1, 0.15) is 6.10 Å². The second kappa shape index (κ2) is 13.0. The van der Waals surface area contributed by atoms with Crippen molar-refractivity contribution < 1.29 is 14.3 Å². The standard InChI is InChI=1S/C25H39ClN4O3/c1-27-16-22(14-18-8-4-3-5-9-18)29-24(31)30-13-7-11-20(17-30)23(33-25(32)28-2)19-10-6-12-21(26)15-19/h6,10,12,15,18,20,22-23,27H,3-5,7-9,11,13-14,16-17H2,1-2H3,(H,28,32)(H,29,31)/t20-,22+,23+/m1/s1. The summed E-state index contributed by atoms with van der Waals surface area (Å²) in [5.41, 5.74) is 0.851. The van der Waals surface area contributed by atoms with E-state index in [0.717, 1.165) is 31.4 Å². The summed E-state index contributed by atoms with van der Waals surface area (Å²) in [6.45, 7) is 2.01. The Labute approximate surface area is 203 Å². The van der Waals surface area contributed by atoms with Crippen molar-refractivity contribution in [3.63, 3.8) is 0 Å². The molecule has 0 unspecified atom stereocenters. The molecular formula is C25H39ClN4O3. The Balaban J connectivity index is 1.65. The van der Waals surface area contributed by atoms with Gasteiger partial charge in [-0.3, -0.25) is 0 Å². The molecule has 1 aromatic carbocycles. The van der Waals surface area contributed by atoms with E-state index in [9.17, 15) is 9.59 Å². The van der Waals surface area contributed by atoms with Crippen molar-refractivity contribution in [2.75, 3.05) is 33.7 Å². The van der Waals surface area contributed by atoms with Crippen molar-refractivity contribution in [3.8, 4) is 0 Å². The van der Waals surface area contributed by atoms with Gasteiger partial charge in [0.2, 0.25) is 0 Å². The van der Waals surface area contributed by atoms with Crippen LogP contribution >= 0.6 is 11.6 Å². The summed E-state index contributed by atoms with van der Waals surface area (Å²) in [4.78, 5) is 27.2. The van der Waals surface area contributed by atoms with E-state index < -0.39 is 12.2 Å². The number of benzene rings is 1. The third kappa shape index (κ3) is 7.78. The lowest BCUT2D eigenvalue weighted by Crippen LogP contribution is -2.52. The summed E-state index contributed by atoms with van der Waals surface area (Å²) in [6.07, 6.45) is 8.28. The molecule has 3 N–H and O–H groups in total.